The summed E-state index contributed by atoms with van der Waals surface area (Å²) in [7, 11) is 0. The zero-order valence-corrected chi connectivity index (χ0v) is 10.6. The number of hydrogen-bond donors (Lipinski definition) is 3. The maximum atomic E-state index is 12.2. The van der Waals surface area contributed by atoms with Crippen molar-refractivity contribution in [1.29, 1.82) is 0 Å². The molecule has 100 valence electrons. The van der Waals surface area contributed by atoms with Gasteiger partial charge in [-0.25, -0.2) is 0 Å². The summed E-state index contributed by atoms with van der Waals surface area (Å²) in [6.07, 6.45) is 1.85. The second kappa shape index (κ2) is 6.86. The summed E-state index contributed by atoms with van der Waals surface area (Å²) >= 11 is 0. The molecule has 0 fully saturated rings. The summed E-state index contributed by atoms with van der Waals surface area (Å²) < 4.78 is 0. The maximum absolute atomic E-state index is 12.2. The van der Waals surface area contributed by atoms with Crippen LogP contribution in [0.15, 0.2) is 18.2 Å². The largest absolute Gasteiger partial charge is 0.508 e. The third kappa shape index (κ3) is 3.63. The van der Waals surface area contributed by atoms with Crippen molar-refractivity contribution in [2.45, 2.75) is 19.8 Å². The lowest BCUT2D eigenvalue weighted by atomic mass is 10.1. The Labute approximate surface area is 107 Å². The Bertz CT molecular complexity index is 407. The standard InChI is InChI=1S/C13H20N2O3/c1-2-3-7-15(8-6-14)13(18)11-9-10(16)4-5-12(11)17/h4-5,9,16-17H,2-3,6-8,14H2,1H3. The first-order valence-electron chi connectivity index (χ1n) is 6.11. The number of nitrogens with zero attached hydrogens (tertiary/aromatic N) is 1. The monoisotopic (exact) mass is 252 g/mol. The zero-order chi connectivity index (χ0) is 13.5. The van der Waals surface area contributed by atoms with Gasteiger partial charge in [0.15, 0.2) is 0 Å². The minimum Gasteiger partial charge on any atom is -0.508 e. The molecule has 0 heterocycles. The Morgan fingerprint density at radius 1 is 1.33 bits per heavy atom. The maximum Gasteiger partial charge on any atom is 0.257 e. The van der Waals surface area contributed by atoms with Crippen molar-refractivity contribution in [3.63, 3.8) is 0 Å². The van der Waals surface area contributed by atoms with E-state index in [1.165, 1.54) is 18.2 Å². The quantitative estimate of drug-likeness (QED) is 0.666. The number of carbonyl (C=O) groups is 1. The van der Waals surface area contributed by atoms with Gasteiger partial charge in [0.05, 0.1) is 5.56 Å². The number of amides is 1. The van der Waals surface area contributed by atoms with Gasteiger partial charge in [0.2, 0.25) is 0 Å². The summed E-state index contributed by atoms with van der Waals surface area (Å²) in [4.78, 5) is 13.8. The van der Waals surface area contributed by atoms with Gasteiger partial charge < -0.3 is 20.8 Å². The average Bonchev–Trinajstić information content (AvgIpc) is 2.36. The van der Waals surface area contributed by atoms with Gasteiger partial charge in [-0.3, -0.25) is 4.79 Å². The molecule has 0 saturated heterocycles. The molecule has 1 amide bonds. The molecule has 0 aliphatic heterocycles. The van der Waals surface area contributed by atoms with Crippen LogP contribution in [0.4, 0.5) is 0 Å². The van der Waals surface area contributed by atoms with Crippen LogP contribution >= 0.6 is 0 Å². The van der Waals surface area contributed by atoms with Crippen LogP contribution in [0.2, 0.25) is 0 Å². The van der Waals surface area contributed by atoms with Gasteiger partial charge >= 0.3 is 0 Å². The molecule has 18 heavy (non-hydrogen) atoms. The molecule has 0 unspecified atom stereocenters. The van der Waals surface area contributed by atoms with Crippen LogP contribution in [-0.2, 0) is 0 Å². The highest BCUT2D eigenvalue weighted by molar-refractivity contribution is 5.97. The van der Waals surface area contributed by atoms with E-state index in [0.29, 0.717) is 19.6 Å². The fourth-order valence-electron chi connectivity index (χ4n) is 1.69. The van der Waals surface area contributed by atoms with Crippen LogP contribution in [0.3, 0.4) is 0 Å². The Kier molecular flexibility index (Phi) is 5.45. The van der Waals surface area contributed by atoms with Gasteiger partial charge in [0.1, 0.15) is 11.5 Å². The van der Waals surface area contributed by atoms with Crippen LogP contribution in [-0.4, -0.2) is 40.7 Å². The van der Waals surface area contributed by atoms with E-state index in [9.17, 15) is 15.0 Å². The van der Waals surface area contributed by atoms with E-state index in [1.54, 1.807) is 4.90 Å². The molecule has 1 aromatic rings. The SMILES string of the molecule is CCCCN(CCN)C(=O)c1cc(O)ccc1O. The Balaban J connectivity index is 2.90. The molecule has 0 bridgehead atoms. The molecule has 0 aromatic heterocycles. The first-order chi connectivity index (χ1) is 8.60. The van der Waals surface area contributed by atoms with Crippen LogP contribution in [0.1, 0.15) is 30.1 Å². The van der Waals surface area contributed by atoms with Crippen molar-refractivity contribution in [3.05, 3.63) is 23.8 Å². The lowest BCUT2D eigenvalue weighted by Gasteiger charge is -2.22. The minimum absolute atomic E-state index is 0.0423. The van der Waals surface area contributed by atoms with E-state index in [0.717, 1.165) is 12.8 Å². The van der Waals surface area contributed by atoms with Crippen molar-refractivity contribution in [1.82, 2.24) is 4.90 Å². The Morgan fingerprint density at radius 2 is 2.06 bits per heavy atom. The molecule has 5 heteroatoms. The average molecular weight is 252 g/mol. The predicted octanol–water partition coefficient (Wildman–Crippen LogP) is 1.30. The van der Waals surface area contributed by atoms with E-state index in [-0.39, 0.29) is 23.0 Å². The summed E-state index contributed by atoms with van der Waals surface area (Å²) in [5.41, 5.74) is 5.59. The summed E-state index contributed by atoms with van der Waals surface area (Å²) in [6, 6.07) is 3.92. The van der Waals surface area contributed by atoms with Gasteiger partial charge in [0.25, 0.3) is 5.91 Å². The molecule has 0 atom stereocenters. The highest BCUT2D eigenvalue weighted by Gasteiger charge is 2.18. The molecule has 4 N–H and O–H groups in total. The molecule has 0 radical (unpaired) electrons. The summed E-state index contributed by atoms with van der Waals surface area (Å²) in [6.45, 7) is 3.45. The van der Waals surface area contributed by atoms with Gasteiger partial charge in [0, 0.05) is 19.6 Å². The molecule has 1 rings (SSSR count). The number of hydrogen-bond acceptors (Lipinski definition) is 4. The number of nitrogens with two attached hydrogens (primary N) is 1. The summed E-state index contributed by atoms with van der Waals surface area (Å²) in [5.74, 6) is -0.474. The van der Waals surface area contributed by atoms with E-state index < -0.39 is 0 Å². The second-order valence-corrected chi connectivity index (χ2v) is 4.14. The van der Waals surface area contributed by atoms with Crippen LogP contribution < -0.4 is 5.73 Å². The second-order valence-electron chi connectivity index (χ2n) is 4.14. The molecule has 0 spiro atoms. The molecular formula is C13H20N2O3. The van der Waals surface area contributed by atoms with Crippen molar-refractivity contribution in [3.8, 4) is 11.5 Å². The van der Waals surface area contributed by atoms with Crippen LogP contribution in [0.25, 0.3) is 0 Å². The van der Waals surface area contributed by atoms with Gasteiger partial charge in [-0.05, 0) is 24.6 Å². The number of rotatable bonds is 6. The van der Waals surface area contributed by atoms with Gasteiger partial charge in [-0.1, -0.05) is 13.3 Å². The highest BCUT2D eigenvalue weighted by Crippen LogP contribution is 2.23. The first-order valence-corrected chi connectivity index (χ1v) is 6.11. The van der Waals surface area contributed by atoms with Crippen LogP contribution in [0, 0.1) is 0 Å². The van der Waals surface area contributed by atoms with Gasteiger partial charge in [-0.15, -0.1) is 0 Å². The number of phenols is 2. The topological polar surface area (TPSA) is 86.8 Å². The van der Waals surface area contributed by atoms with Crippen LogP contribution in [0.5, 0.6) is 11.5 Å². The van der Waals surface area contributed by atoms with E-state index in [4.69, 9.17) is 5.73 Å². The lowest BCUT2D eigenvalue weighted by Crippen LogP contribution is -2.36. The minimum atomic E-state index is -0.303. The van der Waals surface area contributed by atoms with Crippen molar-refractivity contribution < 1.29 is 15.0 Å². The fraction of sp³-hybridized carbons (Fsp3) is 0.462. The lowest BCUT2D eigenvalue weighted by molar-refractivity contribution is 0.0754. The molecule has 1 aromatic carbocycles. The molecule has 0 aliphatic rings. The number of unbranched alkanes of at least 4 members (excludes halogenated alkanes) is 1. The number of carbonyl (C=O) groups excluding carboxylic acids is 1. The van der Waals surface area contributed by atoms with Crippen molar-refractivity contribution in [2.75, 3.05) is 19.6 Å². The predicted molar refractivity (Wildman–Crippen MR) is 69.6 cm³/mol. The molecule has 0 saturated carbocycles. The number of phenolic OH excluding ortho intramolecular Hbond substituents is 2. The number of benzene rings is 1. The Morgan fingerprint density at radius 3 is 2.67 bits per heavy atom. The van der Waals surface area contributed by atoms with Crippen molar-refractivity contribution in [2.24, 2.45) is 5.73 Å². The molecule has 5 nitrogen and oxygen atoms in total. The number of aromatic hydroxyl groups is 2. The third-order valence-electron chi connectivity index (χ3n) is 2.68. The third-order valence-corrected chi connectivity index (χ3v) is 2.68. The summed E-state index contributed by atoms with van der Waals surface area (Å²) in [5, 5.41) is 19.0. The molecular weight excluding hydrogens is 232 g/mol. The van der Waals surface area contributed by atoms with E-state index in [1.807, 2.05) is 6.92 Å². The van der Waals surface area contributed by atoms with E-state index >= 15 is 0 Å². The normalized spacial score (nSPS) is 10.3. The van der Waals surface area contributed by atoms with Crippen molar-refractivity contribution >= 4 is 5.91 Å². The van der Waals surface area contributed by atoms with E-state index in [2.05, 4.69) is 0 Å². The Hall–Kier alpha value is -1.75. The fourth-order valence-corrected chi connectivity index (χ4v) is 1.69. The van der Waals surface area contributed by atoms with Gasteiger partial charge in [-0.2, -0.15) is 0 Å². The highest BCUT2D eigenvalue weighted by atomic mass is 16.3. The first kappa shape index (κ1) is 14.3. The smallest absolute Gasteiger partial charge is 0.257 e. The molecule has 0 aliphatic carbocycles. The zero-order valence-electron chi connectivity index (χ0n) is 10.6.